The van der Waals surface area contributed by atoms with E-state index in [4.69, 9.17) is 0 Å². The lowest BCUT2D eigenvalue weighted by Crippen LogP contribution is -2.31. The van der Waals surface area contributed by atoms with E-state index in [2.05, 4.69) is 24.3 Å². The molecule has 0 spiro atoms. The van der Waals surface area contributed by atoms with Gasteiger partial charge in [0.1, 0.15) is 0 Å². The van der Waals surface area contributed by atoms with Gasteiger partial charge < -0.3 is 5.32 Å². The van der Waals surface area contributed by atoms with E-state index >= 15 is 0 Å². The molecule has 0 radical (unpaired) electrons. The van der Waals surface area contributed by atoms with E-state index in [1.54, 1.807) is 0 Å². The van der Waals surface area contributed by atoms with Crippen molar-refractivity contribution < 1.29 is 0 Å². The summed E-state index contributed by atoms with van der Waals surface area (Å²) in [5.41, 5.74) is 3.97. The minimum absolute atomic E-state index is 0.787. The molecule has 3 nitrogen and oxygen atoms in total. The minimum Gasteiger partial charge on any atom is -0.314 e. The zero-order valence-corrected chi connectivity index (χ0v) is 12.1. The monoisotopic (exact) mass is 249 g/mol. The van der Waals surface area contributed by atoms with Gasteiger partial charge in [0.15, 0.2) is 0 Å². The summed E-state index contributed by atoms with van der Waals surface area (Å²) in [5, 5.41) is 8.19. The molecule has 1 aromatic rings. The first kappa shape index (κ1) is 13.6. The normalized spacial score (nSPS) is 17.3. The number of nitrogens with zero attached hydrogens (tertiary/aromatic N) is 2. The SMILES string of the molecule is Cc1nn(C)c(C)c1CCCNC1CCCCC1. The summed E-state index contributed by atoms with van der Waals surface area (Å²) in [6.45, 7) is 5.44. The van der Waals surface area contributed by atoms with Crippen molar-refractivity contribution in [2.45, 2.75) is 64.8 Å². The number of nitrogens with one attached hydrogen (secondary N) is 1. The first-order chi connectivity index (χ1) is 8.68. The fourth-order valence-corrected chi connectivity index (χ4v) is 3.06. The van der Waals surface area contributed by atoms with E-state index < -0.39 is 0 Å². The highest BCUT2D eigenvalue weighted by Crippen LogP contribution is 2.18. The second kappa shape index (κ2) is 6.37. The maximum absolute atomic E-state index is 4.48. The molecule has 3 heteroatoms. The molecule has 0 saturated heterocycles. The van der Waals surface area contributed by atoms with Crippen LogP contribution >= 0.6 is 0 Å². The van der Waals surface area contributed by atoms with Gasteiger partial charge in [0.2, 0.25) is 0 Å². The Balaban J connectivity index is 1.71. The first-order valence-corrected chi connectivity index (χ1v) is 7.41. The summed E-state index contributed by atoms with van der Waals surface area (Å²) in [6.07, 6.45) is 9.41. The highest BCUT2D eigenvalue weighted by molar-refractivity contribution is 5.24. The summed E-state index contributed by atoms with van der Waals surface area (Å²) < 4.78 is 2.00. The summed E-state index contributed by atoms with van der Waals surface area (Å²) in [7, 11) is 2.03. The Bertz CT molecular complexity index is 375. The first-order valence-electron chi connectivity index (χ1n) is 7.41. The topological polar surface area (TPSA) is 29.9 Å². The largest absolute Gasteiger partial charge is 0.314 e. The zero-order chi connectivity index (χ0) is 13.0. The average Bonchev–Trinajstić information content (AvgIpc) is 2.61. The molecular formula is C15H27N3. The van der Waals surface area contributed by atoms with Crippen molar-refractivity contribution in [3.8, 4) is 0 Å². The van der Waals surface area contributed by atoms with E-state index in [0.717, 1.165) is 19.0 Å². The van der Waals surface area contributed by atoms with Crippen molar-refractivity contribution in [1.29, 1.82) is 0 Å². The molecule has 0 aromatic carbocycles. The fraction of sp³-hybridized carbons (Fsp3) is 0.800. The molecule has 1 aromatic heterocycles. The van der Waals surface area contributed by atoms with Crippen molar-refractivity contribution in [1.82, 2.24) is 15.1 Å². The fourth-order valence-electron chi connectivity index (χ4n) is 3.06. The lowest BCUT2D eigenvalue weighted by molar-refractivity contribution is 0.372. The van der Waals surface area contributed by atoms with Gasteiger partial charge in [-0.05, 0) is 51.6 Å². The number of hydrogen-bond donors (Lipinski definition) is 1. The minimum atomic E-state index is 0.787. The Morgan fingerprint density at radius 2 is 1.94 bits per heavy atom. The Hall–Kier alpha value is -0.830. The lowest BCUT2D eigenvalue weighted by atomic mass is 9.95. The van der Waals surface area contributed by atoms with Crippen LogP contribution in [0, 0.1) is 13.8 Å². The molecule has 102 valence electrons. The van der Waals surface area contributed by atoms with Crippen molar-refractivity contribution >= 4 is 0 Å². The van der Waals surface area contributed by atoms with Gasteiger partial charge in [0.25, 0.3) is 0 Å². The van der Waals surface area contributed by atoms with Crippen molar-refractivity contribution in [3.05, 3.63) is 17.0 Å². The van der Waals surface area contributed by atoms with Gasteiger partial charge >= 0.3 is 0 Å². The number of aromatic nitrogens is 2. The van der Waals surface area contributed by atoms with Crippen LogP contribution in [-0.4, -0.2) is 22.4 Å². The number of rotatable bonds is 5. The van der Waals surface area contributed by atoms with Crippen molar-refractivity contribution in [2.24, 2.45) is 7.05 Å². The number of hydrogen-bond acceptors (Lipinski definition) is 2. The highest BCUT2D eigenvalue weighted by atomic mass is 15.3. The smallest absolute Gasteiger partial charge is 0.0628 e. The summed E-state index contributed by atoms with van der Waals surface area (Å²) in [6, 6.07) is 0.787. The summed E-state index contributed by atoms with van der Waals surface area (Å²) in [5.74, 6) is 0. The van der Waals surface area contributed by atoms with Crippen LogP contribution in [0.3, 0.4) is 0 Å². The molecule has 1 aliphatic rings. The van der Waals surface area contributed by atoms with Crippen LogP contribution in [0.25, 0.3) is 0 Å². The molecule has 0 unspecified atom stereocenters. The molecular weight excluding hydrogens is 222 g/mol. The lowest BCUT2D eigenvalue weighted by Gasteiger charge is -2.22. The molecule has 1 N–H and O–H groups in total. The zero-order valence-electron chi connectivity index (χ0n) is 12.1. The van der Waals surface area contributed by atoms with E-state index in [-0.39, 0.29) is 0 Å². The Morgan fingerprint density at radius 1 is 1.22 bits per heavy atom. The molecule has 0 amide bonds. The van der Waals surface area contributed by atoms with Crippen LogP contribution < -0.4 is 5.32 Å². The molecule has 18 heavy (non-hydrogen) atoms. The molecule has 0 aliphatic heterocycles. The Kier molecular flexibility index (Phi) is 4.81. The van der Waals surface area contributed by atoms with Crippen LogP contribution in [0.4, 0.5) is 0 Å². The summed E-state index contributed by atoms with van der Waals surface area (Å²) >= 11 is 0. The average molecular weight is 249 g/mol. The maximum Gasteiger partial charge on any atom is 0.0628 e. The number of aryl methyl sites for hydroxylation is 2. The second-order valence-corrected chi connectivity index (χ2v) is 5.67. The van der Waals surface area contributed by atoms with Gasteiger partial charge in [-0.25, -0.2) is 0 Å². The Labute approximate surface area is 111 Å². The molecule has 0 bridgehead atoms. The van der Waals surface area contributed by atoms with E-state index in [9.17, 15) is 0 Å². The molecule has 1 aliphatic carbocycles. The van der Waals surface area contributed by atoms with Crippen LogP contribution in [-0.2, 0) is 13.5 Å². The predicted octanol–water partition coefficient (Wildman–Crippen LogP) is 2.89. The van der Waals surface area contributed by atoms with Crippen molar-refractivity contribution in [3.63, 3.8) is 0 Å². The molecule has 1 saturated carbocycles. The van der Waals surface area contributed by atoms with Gasteiger partial charge in [0, 0.05) is 18.8 Å². The van der Waals surface area contributed by atoms with Gasteiger partial charge in [-0.3, -0.25) is 4.68 Å². The molecule has 1 fully saturated rings. The van der Waals surface area contributed by atoms with Gasteiger partial charge in [-0.1, -0.05) is 19.3 Å². The maximum atomic E-state index is 4.48. The van der Waals surface area contributed by atoms with E-state index in [0.29, 0.717) is 0 Å². The van der Waals surface area contributed by atoms with E-state index in [1.807, 2.05) is 11.7 Å². The third-order valence-electron chi connectivity index (χ3n) is 4.30. The molecule has 1 heterocycles. The summed E-state index contributed by atoms with van der Waals surface area (Å²) in [4.78, 5) is 0. The van der Waals surface area contributed by atoms with Crippen LogP contribution in [0.5, 0.6) is 0 Å². The van der Waals surface area contributed by atoms with Crippen molar-refractivity contribution in [2.75, 3.05) is 6.54 Å². The van der Waals surface area contributed by atoms with Crippen LogP contribution in [0.15, 0.2) is 0 Å². The predicted molar refractivity (Wildman–Crippen MR) is 75.9 cm³/mol. The molecule has 0 atom stereocenters. The van der Waals surface area contributed by atoms with Gasteiger partial charge in [-0.15, -0.1) is 0 Å². The third kappa shape index (κ3) is 3.35. The standard InChI is InChI=1S/C15H27N3/c1-12-15(13(2)18(3)17-12)10-7-11-16-14-8-5-4-6-9-14/h14,16H,4-11H2,1-3H3. The quantitative estimate of drug-likeness (QED) is 0.813. The second-order valence-electron chi connectivity index (χ2n) is 5.67. The van der Waals surface area contributed by atoms with Crippen LogP contribution in [0.1, 0.15) is 55.5 Å². The van der Waals surface area contributed by atoms with Gasteiger partial charge in [-0.2, -0.15) is 5.10 Å². The van der Waals surface area contributed by atoms with E-state index in [1.165, 1.54) is 55.5 Å². The molecule has 2 rings (SSSR count). The van der Waals surface area contributed by atoms with Gasteiger partial charge in [0.05, 0.1) is 5.69 Å². The Morgan fingerprint density at radius 3 is 2.56 bits per heavy atom. The highest BCUT2D eigenvalue weighted by Gasteiger charge is 2.12. The van der Waals surface area contributed by atoms with Crippen LogP contribution in [0.2, 0.25) is 0 Å². The third-order valence-corrected chi connectivity index (χ3v) is 4.30.